The smallest absolute Gasteiger partial charge is 0.250 e. The van der Waals surface area contributed by atoms with Crippen molar-refractivity contribution < 1.29 is 14.3 Å². The summed E-state index contributed by atoms with van der Waals surface area (Å²) in [6.45, 7) is 0.296. The SMILES string of the molecule is COc1cc(/C=N/NC(=O)CSc2nnc(-c3cccc(Br)c3)n2C)ccc1OCc1ccc(Cl)c(Cl)c1. The molecular weight excluding hydrogens is 613 g/mol. The van der Waals surface area contributed by atoms with Gasteiger partial charge in [0.2, 0.25) is 0 Å². The predicted octanol–water partition coefficient (Wildman–Crippen LogP) is 6.38. The molecule has 0 fully saturated rings. The standard InChI is InChI=1S/C26H22BrCl2N5O3S/c1-34-25(18-4-3-5-19(27)12-18)32-33-26(34)38-15-24(35)31-30-13-16-7-9-22(23(11-16)36-2)37-14-17-6-8-20(28)21(29)10-17/h3-13H,14-15H2,1-2H3,(H,31,35)/b30-13+. The highest BCUT2D eigenvalue weighted by Gasteiger charge is 2.13. The average molecular weight is 635 g/mol. The second-order valence-corrected chi connectivity index (χ2v) is 10.6. The largest absolute Gasteiger partial charge is 0.493 e. The van der Waals surface area contributed by atoms with Crippen LogP contribution in [-0.2, 0) is 18.4 Å². The zero-order valence-electron chi connectivity index (χ0n) is 20.3. The zero-order chi connectivity index (χ0) is 27.1. The van der Waals surface area contributed by atoms with Crippen LogP contribution in [0.5, 0.6) is 11.5 Å². The molecule has 196 valence electrons. The first-order valence-electron chi connectivity index (χ1n) is 11.2. The number of hydrogen-bond donors (Lipinski definition) is 1. The Hall–Kier alpha value is -3.05. The number of rotatable bonds is 10. The predicted molar refractivity (Wildman–Crippen MR) is 154 cm³/mol. The molecule has 0 bridgehead atoms. The molecular formula is C26H22BrCl2N5O3S. The molecule has 0 radical (unpaired) electrons. The van der Waals surface area contributed by atoms with Crippen LogP contribution >= 0.6 is 50.9 Å². The van der Waals surface area contributed by atoms with Gasteiger partial charge in [0.15, 0.2) is 22.5 Å². The van der Waals surface area contributed by atoms with E-state index in [1.807, 2.05) is 41.9 Å². The molecule has 0 aliphatic carbocycles. The number of methoxy groups -OCH3 is 1. The molecule has 1 aromatic heterocycles. The number of hydrazone groups is 1. The van der Waals surface area contributed by atoms with E-state index in [1.54, 1.807) is 37.4 Å². The topological polar surface area (TPSA) is 90.6 Å². The van der Waals surface area contributed by atoms with E-state index < -0.39 is 0 Å². The van der Waals surface area contributed by atoms with Crippen molar-refractivity contribution in [2.45, 2.75) is 11.8 Å². The number of hydrogen-bond acceptors (Lipinski definition) is 7. The molecule has 1 heterocycles. The van der Waals surface area contributed by atoms with Crippen LogP contribution in [0, 0.1) is 0 Å². The zero-order valence-corrected chi connectivity index (χ0v) is 24.2. The van der Waals surface area contributed by atoms with Crippen LogP contribution in [0.1, 0.15) is 11.1 Å². The molecule has 0 aliphatic heterocycles. The van der Waals surface area contributed by atoms with Crippen molar-refractivity contribution in [2.75, 3.05) is 12.9 Å². The molecule has 0 saturated heterocycles. The van der Waals surface area contributed by atoms with Crippen molar-refractivity contribution in [3.8, 4) is 22.9 Å². The number of nitrogens with one attached hydrogen (secondary N) is 1. The highest BCUT2D eigenvalue weighted by Crippen LogP contribution is 2.29. The van der Waals surface area contributed by atoms with E-state index in [-0.39, 0.29) is 11.7 Å². The summed E-state index contributed by atoms with van der Waals surface area (Å²) in [7, 11) is 3.41. The van der Waals surface area contributed by atoms with Gasteiger partial charge >= 0.3 is 0 Å². The van der Waals surface area contributed by atoms with E-state index in [0.717, 1.165) is 21.2 Å². The first-order valence-corrected chi connectivity index (χ1v) is 13.7. The number of carbonyl (C=O) groups excluding carboxylic acids is 1. The van der Waals surface area contributed by atoms with Crippen molar-refractivity contribution in [3.05, 3.63) is 86.3 Å². The number of thioether (sulfide) groups is 1. The third-order valence-corrected chi connectivity index (χ3v) is 7.47. The molecule has 3 aromatic carbocycles. The van der Waals surface area contributed by atoms with Gasteiger partial charge in [-0.2, -0.15) is 5.10 Å². The summed E-state index contributed by atoms with van der Waals surface area (Å²) in [5.74, 6) is 1.66. The van der Waals surface area contributed by atoms with E-state index >= 15 is 0 Å². The summed E-state index contributed by atoms with van der Waals surface area (Å²) in [5, 5.41) is 14.1. The quantitative estimate of drug-likeness (QED) is 0.124. The fourth-order valence-corrected chi connectivity index (χ4v) is 4.76. The number of ether oxygens (including phenoxy) is 2. The van der Waals surface area contributed by atoms with Gasteiger partial charge in [0.05, 0.1) is 29.1 Å². The molecule has 0 saturated carbocycles. The van der Waals surface area contributed by atoms with Gasteiger partial charge in [-0.1, -0.05) is 69.1 Å². The molecule has 4 rings (SSSR count). The Morgan fingerprint density at radius 2 is 1.95 bits per heavy atom. The summed E-state index contributed by atoms with van der Waals surface area (Å²) < 4.78 is 14.1. The van der Waals surface area contributed by atoms with E-state index in [9.17, 15) is 4.79 Å². The maximum atomic E-state index is 12.3. The lowest BCUT2D eigenvalue weighted by Crippen LogP contribution is -2.19. The number of nitrogens with zero attached hydrogens (tertiary/aromatic N) is 4. The Kier molecular flexibility index (Phi) is 9.68. The third kappa shape index (κ3) is 7.28. The fourth-order valence-electron chi connectivity index (χ4n) is 3.33. The minimum absolute atomic E-state index is 0.132. The molecule has 0 unspecified atom stereocenters. The lowest BCUT2D eigenvalue weighted by molar-refractivity contribution is -0.118. The first kappa shape index (κ1) is 28.0. The second kappa shape index (κ2) is 13.1. The minimum atomic E-state index is -0.271. The van der Waals surface area contributed by atoms with Gasteiger partial charge in [-0.3, -0.25) is 4.79 Å². The van der Waals surface area contributed by atoms with Crippen molar-refractivity contribution in [1.29, 1.82) is 0 Å². The summed E-state index contributed by atoms with van der Waals surface area (Å²) >= 11 is 16.8. The van der Waals surface area contributed by atoms with Crippen LogP contribution in [0.15, 0.2) is 75.4 Å². The minimum Gasteiger partial charge on any atom is -0.493 e. The summed E-state index contributed by atoms with van der Waals surface area (Å²) in [4.78, 5) is 12.3. The van der Waals surface area contributed by atoms with Gasteiger partial charge in [0.1, 0.15) is 6.61 Å². The number of halogens is 3. The molecule has 1 amide bonds. The first-order chi connectivity index (χ1) is 18.3. The maximum Gasteiger partial charge on any atom is 0.250 e. The van der Waals surface area contributed by atoms with Crippen molar-refractivity contribution in [3.63, 3.8) is 0 Å². The second-order valence-electron chi connectivity index (χ2n) is 7.90. The average Bonchev–Trinajstić information content (AvgIpc) is 3.28. The summed E-state index contributed by atoms with van der Waals surface area (Å²) in [6.07, 6.45) is 1.53. The lowest BCUT2D eigenvalue weighted by atomic mass is 10.2. The Labute approximate surface area is 242 Å². The van der Waals surface area contributed by atoms with Gasteiger partial charge in [0.25, 0.3) is 5.91 Å². The van der Waals surface area contributed by atoms with Crippen molar-refractivity contribution >= 4 is 63.0 Å². The Bertz CT molecular complexity index is 1480. The molecule has 12 heteroatoms. The molecule has 0 atom stereocenters. The van der Waals surface area contributed by atoms with E-state index in [0.29, 0.717) is 39.1 Å². The van der Waals surface area contributed by atoms with Gasteiger partial charge in [-0.05, 0) is 53.6 Å². The van der Waals surface area contributed by atoms with Gasteiger partial charge < -0.3 is 14.0 Å². The van der Waals surface area contributed by atoms with Crippen LogP contribution in [0.4, 0.5) is 0 Å². The van der Waals surface area contributed by atoms with E-state index in [1.165, 1.54) is 18.0 Å². The van der Waals surface area contributed by atoms with Crippen molar-refractivity contribution in [1.82, 2.24) is 20.2 Å². The summed E-state index contributed by atoms with van der Waals surface area (Å²) in [5.41, 5.74) is 5.05. The highest BCUT2D eigenvalue weighted by molar-refractivity contribution is 9.10. The Morgan fingerprint density at radius 1 is 1.11 bits per heavy atom. The fraction of sp³-hybridized carbons (Fsp3) is 0.154. The third-order valence-electron chi connectivity index (χ3n) is 5.22. The Balaban J connectivity index is 1.30. The van der Waals surface area contributed by atoms with Crippen LogP contribution in [0.3, 0.4) is 0 Å². The molecule has 38 heavy (non-hydrogen) atoms. The van der Waals surface area contributed by atoms with Gasteiger partial charge in [-0.15, -0.1) is 10.2 Å². The van der Waals surface area contributed by atoms with E-state index in [2.05, 4.69) is 36.7 Å². The highest BCUT2D eigenvalue weighted by atomic mass is 79.9. The molecule has 0 aliphatic rings. The van der Waals surface area contributed by atoms with Crippen LogP contribution in [0.25, 0.3) is 11.4 Å². The number of aromatic nitrogens is 3. The number of amides is 1. The number of benzene rings is 3. The van der Waals surface area contributed by atoms with Crippen LogP contribution in [0.2, 0.25) is 10.0 Å². The van der Waals surface area contributed by atoms with Crippen LogP contribution in [-0.4, -0.2) is 39.7 Å². The Morgan fingerprint density at radius 3 is 2.71 bits per heavy atom. The van der Waals surface area contributed by atoms with Crippen LogP contribution < -0.4 is 14.9 Å². The van der Waals surface area contributed by atoms with Crippen molar-refractivity contribution in [2.24, 2.45) is 12.1 Å². The van der Waals surface area contributed by atoms with Gasteiger partial charge in [-0.25, -0.2) is 5.43 Å². The summed E-state index contributed by atoms with van der Waals surface area (Å²) in [6, 6.07) is 18.4. The maximum absolute atomic E-state index is 12.3. The normalized spacial score (nSPS) is 11.1. The van der Waals surface area contributed by atoms with Gasteiger partial charge in [0, 0.05) is 17.1 Å². The lowest BCUT2D eigenvalue weighted by Gasteiger charge is -2.11. The number of carbonyl (C=O) groups is 1. The molecule has 0 spiro atoms. The molecule has 4 aromatic rings. The molecule has 1 N–H and O–H groups in total. The molecule has 8 nitrogen and oxygen atoms in total. The van der Waals surface area contributed by atoms with E-state index in [4.69, 9.17) is 32.7 Å². The monoisotopic (exact) mass is 633 g/mol.